The molecule has 0 saturated heterocycles. The van der Waals surface area contributed by atoms with E-state index in [1.54, 1.807) is 0 Å². The fourth-order valence-corrected chi connectivity index (χ4v) is 1.71. The number of amides is 2. The predicted molar refractivity (Wildman–Crippen MR) is 65.3 cm³/mol. The first kappa shape index (κ1) is 15.5. The van der Waals surface area contributed by atoms with Gasteiger partial charge in [-0.3, -0.25) is 9.59 Å². The summed E-state index contributed by atoms with van der Waals surface area (Å²) in [5, 5.41) is 2.20. The molecule has 0 radical (unpaired) electrons. The molecule has 8 heteroatoms. The second kappa shape index (κ2) is 5.60. The van der Waals surface area contributed by atoms with Crippen LogP contribution in [0.2, 0.25) is 0 Å². The highest BCUT2D eigenvalue weighted by atomic mass is 79.9. The number of benzene rings is 1. The summed E-state index contributed by atoms with van der Waals surface area (Å²) in [6.07, 6.45) is -4.58. The molecular formula is C11H10BrF3N2O2. The first-order chi connectivity index (χ1) is 8.62. The maximum Gasteiger partial charge on any atom is 0.417 e. The van der Waals surface area contributed by atoms with Crippen molar-refractivity contribution in [1.29, 1.82) is 0 Å². The van der Waals surface area contributed by atoms with Crippen molar-refractivity contribution < 1.29 is 22.8 Å². The van der Waals surface area contributed by atoms with Crippen molar-refractivity contribution in [2.24, 2.45) is 5.73 Å². The molecule has 19 heavy (non-hydrogen) atoms. The van der Waals surface area contributed by atoms with Crippen LogP contribution in [-0.4, -0.2) is 17.9 Å². The third-order valence-corrected chi connectivity index (χ3v) is 3.00. The van der Waals surface area contributed by atoms with Crippen LogP contribution in [0.1, 0.15) is 22.8 Å². The number of hydrogen-bond donors (Lipinski definition) is 2. The molecule has 0 aromatic heterocycles. The van der Waals surface area contributed by atoms with Gasteiger partial charge in [-0.05, 0) is 25.1 Å². The third kappa shape index (κ3) is 3.95. The van der Waals surface area contributed by atoms with Crippen LogP contribution in [0.5, 0.6) is 0 Å². The van der Waals surface area contributed by atoms with Gasteiger partial charge in [0.2, 0.25) is 5.91 Å². The minimum Gasteiger partial charge on any atom is -0.368 e. The Labute approximate surface area is 115 Å². The van der Waals surface area contributed by atoms with E-state index >= 15 is 0 Å². The lowest BCUT2D eigenvalue weighted by molar-refractivity contribution is -0.138. The maximum absolute atomic E-state index is 12.6. The molecule has 0 bridgehead atoms. The van der Waals surface area contributed by atoms with Crippen molar-refractivity contribution in [2.75, 3.05) is 0 Å². The molecule has 2 amide bonds. The Morgan fingerprint density at radius 1 is 1.37 bits per heavy atom. The Morgan fingerprint density at radius 3 is 2.42 bits per heavy atom. The number of nitrogens with two attached hydrogens (primary N) is 1. The van der Waals surface area contributed by atoms with Gasteiger partial charge in [-0.2, -0.15) is 13.2 Å². The lowest BCUT2D eigenvalue weighted by Crippen LogP contribution is -2.42. The number of carbonyl (C=O) groups excluding carboxylic acids is 2. The Bertz CT molecular complexity index is 517. The normalized spacial score (nSPS) is 12.9. The molecule has 0 saturated carbocycles. The molecule has 0 spiro atoms. The van der Waals surface area contributed by atoms with E-state index in [-0.39, 0.29) is 10.0 Å². The van der Waals surface area contributed by atoms with Gasteiger partial charge in [0.15, 0.2) is 0 Å². The summed E-state index contributed by atoms with van der Waals surface area (Å²) in [6, 6.07) is 2.06. The highest BCUT2D eigenvalue weighted by Gasteiger charge is 2.33. The van der Waals surface area contributed by atoms with Crippen LogP contribution in [0.25, 0.3) is 0 Å². The summed E-state index contributed by atoms with van der Waals surface area (Å²) in [4.78, 5) is 22.4. The second-order valence-electron chi connectivity index (χ2n) is 3.79. The van der Waals surface area contributed by atoms with E-state index in [1.165, 1.54) is 13.0 Å². The second-order valence-corrected chi connectivity index (χ2v) is 4.64. The summed E-state index contributed by atoms with van der Waals surface area (Å²) < 4.78 is 37.8. The van der Waals surface area contributed by atoms with Gasteiger partial charge in [0, 0.05) is 10.0 Å². The summed E-state index contributed by atoms with van der Waals surface area (Å²) >= 11 is 2.76. The smallest absolute Gasteiger partial charge is 0.368 e. The Morgan fingerprint density at radius 2 is 1.95 bits per heavy atom. The Hall–Kier alpha value is -1.57. The number of halogens is 4. The van der Waals surface area contributed by atoms with E-state index in [1.807, 2.05) is 0 Å². The van der Waals surface area contributed by atoms with Crippen molar-refractivity contribution in [3.63, 3.8) is 0 Å². The molecule has 0 heterocycles. The zero-order valence-electron chi connectivity index (χ0n) is 9.72. The van der Waals surface area contributed by atoms with Crippen LogP contribution in [0.4, 0.5) is 13.2 Å². The van der Waals surface area contributed by atoms with E-state index < -0.39 is 29.6 Å². The molecule has 1 aromatic rings. The number of carbonyl (C=O) groups is 2. The third-order valence-electron chi connectivity index (χ3n) is 2.31. The number of rotatable bonds is 3. The topological polar surface area (TPSA) is 72.2 Å². The number of nitrogens with one attached hydrogen (secondary N) is 1. The minimum atomic E-state index is -4.58. The van der Waals surface area contributed by atoms with Crippen molar-refractivity contribution in [1.82, 2.24) is 5.32 Å². The highest BCUT2D eigenvalue weighted by Crippen LogP contribution is 2.35. The predicted octanol–water partition coefficient (Wildman–Crippen LogP) is 2.07. The summed E-state index contributed by atoms with van der Waals surface area (Å²) in [6.45, 7) is 1.34. The van der Waals surface area contributed by atoms with Crippen molar-refractivity contribution in [3.05, 3.63) is 33.8 Å². The molecule has 3 N–H and O–H groups in total. The standard InChI is InChI=1S/C11H10BrF3N2O2/c1-5(9(16)18)17-10(19)6-2-3-8(12)7(4-6)11(13,14)15/h2-5H,1H3,(H2,16,18)(H,17,19). The van der Waals surface area contributed by atoms with Crippen molar-refractivity contribution in [3.8, 4) is 0 Å². The van der Waals surface area contributed by atoms with Crippen LogP contribution in [0.15, 0.2) is 22.7 Å². The van der Waals surface area contributed by atoms with Gasteiger partial charge in [0.1, 0.15) is 6.04 Å². The van der Waals surface area contributed by atoms with Crippen LogP contribution in [0.3, 0.4) is 0 Å². The van der Waals surface area contributed by atoms with Gasteiger partial charge in [0.25, 0.3) is 5.91 Å². The van der Waals surface area contributed by atoms with Gasteiger partial charge in [-0.25, -0.2) is 0 Å². The van der Waals surface area contributed by atoms with Gasteiger partial charge in [-0.15, -0.1) is 0 Å². The van der Waals surface area contributed by atoms with Crippen molar-refractivity contribution in [2.45, 2.75) is 19.1 Å². The molecule has 1 atom stereocenters. The summed E-state index contributed by atoms with van der Waals surface area (Å²) in [7, 11) is 0. The van der Waals surface area contributed by atoms with E-state index in [9.17, 15) is 22.8 Å². The van der Waals surface area contributed by atoms with Gasteiger partial charge < -0.3 is 11.1 Å². The fraction of sp³-hybridized carbons (Fsp3) is 0.273. The highest BCUT2D eigenvalue weighted by molar-refractivity contribution is 9.10. The zero-order valence-corrected chi connectivity index (χ0v) is 11.3. The van der Waals surface area contributed by atoms with Crippen LogP contribution < -0.4 is 11.1 Å². The lowest BCUT2D eigenvalue weighted by Gasteiger charge is -2.13. The largest absolute Gasteiger partial charge is 0.417 e. The van der Waals surface area contributed by atoms with Crippen LogP contribution in [0, 0.1) is 0 Å². The molecule has 0 aliphatic rings. The quantitative estimate of drug-likeness (QED) is 0.885. The lowest BCUT2D eigenvalue weighted by atomic mass is 10.1. The first-order valence-corrected chi connectivity index (χ1v) is 5.89. The molecule has 1 rings (SSSR count). The van der Waals surface area contributed by atoms with E-state index in [0.717, 1.165) is 6.07 Å². The zero-order chi connectivity index (χ0) is 14.8. The van der Waals surface area contributed by atoms with E-state index in [0.29, 0.717) is 6.07 Å². The van der Waals surface area contributed by atoms with Crippen molar-refractivity contribution >= 4 is 27.7 Å². The average Bonchev–Trinajstić information content (AvgIpc) is 2.27. The molecule has 0 aliphatic heterocycles. The first-order valence-electron chi connectivity index (χ1n) is 5.10. The number of hydrogen-bond acceptors (Lipinski definition) is 2. The fourth-order valence-electron chi connectivity index (χ4n) is 1.23. The minimum absolute atomic E-state index is 0.167. The monoisotopic (exact) mass is 338 g/mol. The molecular weight excluding hydrogens is 329 g/mol. The van der Waals surface area contributed by atoms with E-state index in [2.05, 4.69) is 21.2 Å². The van der Waals surface area contributed by atoms with Crippen LogP contribution in [-0.2, 0) is 11.0 Å². The molecule has 0 fully saturated rings. The maximum atomic E-state index is 12.6. The van der Waals surface area contributed by atoms with Gasteiger partial charge in [-0.1, -0.05) is 15.9 Å². The van der Waals surface area contributed by atoms with E-state index in [4.69, 9.17) is 5.73 Å². The molecule has 4 nitrogen and oxygen atoms in total. The number of alkyl halides is 3. The SMILES string of the molecule is CC(NC(=O)c1ccc(Br)c(C(F)(F)F)c1)C(N)=O. The summed E-state index contributed by atoms with van der Waals surface area (Å²) in [5.41, 5.74) is 3.77. The van der Waals surface area contributed by atoms with Gasteiger partial charge >= 0.3 is 6.18 Å². The average molecular weight is 339 g/mol. The summed E-state index contributed by atoms with van der Waals surface area (Å²) in [5.74, 6) is -1.58. The Balaban J connectivity index is 3.03. The van der Waals surface area contributed by atoms with Crippen LogP contribution >= 0.6 is 15.9 Å². The molecule has 1 unspecified atom stereocenters. The molecule has 104 valence electrons. The number of primary amides is 1. The van der Waals surface area contributed by atoms with Gasteiger partial charge in [0.05, 0.1) is 5.56 Å². The molecule has 0 aliphatic carbocycles. The molecule has 1 aromatic carbocycles. The Kier molecular flexibility index (Phi) is 4.56.